The minimum Gasteiger partial charge on any atom is -0.497 e. The molecule has 2 aromatic carbocycles. The lowest BCUT2D eigenvalue weighted by atomic mass is 9.99. The summed E-state index contributed by atoms with van der Waals surface area (Å²) < 4.78 is 7.34. The molecular weight excluding hydrogens is 336 g/mol. The zero-order chi connectivity index (χ0) is 19.0. The molecule has 1 aliphatic carbocycles. The van der Waals surface area contributed by atoms with Gasteiger partial charge >= 0.3 is 5.69 Å². The van der Waals surface area contributed by atoms with Crippen molar-refractivity contribution < 1.29 is 4.74 Å². The Morgan fingerprint density at radius 1 is 1.07 bits per heavy atom. The van der Waals surface area contributed by atoms with E-state index in [0.717, 1.165) is 40.8 Å². The maximum absolute atomic E-state index is 13.0. The number of rotatable bonds is 4. The quantitative estimate of drug-likeness (QED) is 0.632. The summed E-state index contributed by atoms with van der Waals surface area (Å²) in [6, 6.07) is 14.6. The Labute approximate surface area is 159 Å². The van der Waals surface area contributed by atoms with E-state index in [1.807, 2.05) is 22.8 Å². The van der Waals surface area contributed by atoms with E-state index in [9.17, 15) is 4.79 Å². The topological polar surface area (TPSA) is 44.1 Å². The van der Waals surface area contributed by atoms with Crippen LogP contribution in [0.5, 0.6) is 5.75 Å². The van der Waals surface area contributed by atoms with E-state index >= 15 is 0 Å². The van der Waals surface area contributed by atoms with Crippen molar-refractivity contribution in [1.82, 2.24) is 9.55 Å². The van der Waals surface area contributed by atoms with Crippen molar-refractivity contribution in [2.24, 2.45) is 0 Å². The molecule has 0 spiro atoms. The lowest BCUT2D eigenvalue weighted by molar-refractivity contribution is 0.415. The molecule has 0 N–H and O–H groups in total. The number of hydrogen-bond donors (Lipinski definition) is 0. The molecule has 0 bridgehead atoms. The van der Waals surface area contributed by atoms with Gasteiger partial charge in [-0.2, -0.15) is 4.98 Å². The van der Waals surface area contributed by atoms with Crippen molar-refractivity contribution in [1.29, 1.82) is 0 Å². The highest BCUT2D eigenvalue weighted by Gasteiger charge is 2.22. The van der Waals surface area contributed by atoms with Gasteiger partial charge in [-0.15, -0.1) is 0 Å². The molecule has 1 aromatic heterocycles. The SMILES string of the molecule is COc1ccc2c(c1)c(-c1ccc(C(C)C)cc1)nc(=O)n2C1CCCC1. The van der Waals surface area contributed by atoms with E-state index in [4.69, 9.17) is 4.74 Å². The Balaban J connectivity index is 1.94. The van der Waals surface area contributed by atoms with Gasteiger partial charge in [0.2, 0.25) is 0 Å². The van der Waals surface area contributed by atoms with Crippen LogP contribution >= 0.6 is 0 Å². The Morgan fingerprint density at radius 2 is 1.78 bits per heavy atom. The first-order chi connectivity index (χ1) is 13.1. The first-order valence-electron chi connectivity index (χ1n) is 9.79. The van der Waals surface area contributed by atoms with Crippen LogP contribution in [0.3, 0.4) is 0 Å². The summed E-state index contributed by atoms with van der Waals surface area (Å²) in [7, 11) is 1.67. The molecule has 4 heteroatoms. The van der Waals surface area contributed by atoms with Gasteiger partial charge in [-0.05, 0) is 42.5 Å². The average Bonchev–Trinajstić information content (AvgIpc) is 3.21. The molecule has 1 saturated carbocycles. The van der Waals surface area contributed by atoms with Gasteiger partial charge in [-0.25, -0.2) is 4.79 Å². The second kappa shape index (κ2) is 7.18. The third-order valence-electron chi connectivity index (χ3n) is 5.67. The van der Waals surface area contributed by atoms with E-state index < -0.39 is 0 Å². The number of methoxy groups -OCH3 is 1. The minimum absolute atomic E-state index is 0.150. The summed E-state index contributed by atoms with van der Waals surface area (Å²) in [5.74, 6) is 1.25. The van der Waals surface area contributed by atoms with E-state index in [0.29, 0.717) is 5.92 Å². The second-order valence-corrected chi connectivity index (χ2v) is 7.71. The van der Waals surface area contributed by atoms with E-state index in [1.54, 1.807) is 7.11 Å². The molecule has 4 rings (SSSR count). The molecule has 0 amide bonds. The maximum atomic E-state index is 13.0. The summed E-state index contributed by atoms with van der Waals surface area (Å²) in [5, 5.41) is 0.971. The zero-order valence-electron chi connectivity index (χ0n) is 16.2. The van der Waals surface area contributed by atoms with Crippen LogP contribution in [-0.2, 0) is 0 Å². The molecule has 27 heavy (non-hydrogen) atoms. The van der Waals surface area contributed by atoms with Crippen molar-refractivity contribution in [3.05, 3.63) is 58.5 Å². The fourth-order valence-corrected chi connectivity index (χ4v) is 4.12. The number of hydrogen-bond acceptors (Lipinski definition) is 3. The molecule has 0 saturated heterocycles. The summed E-state index contributed by atoms with van der Waals surface area (Å²) >= 11 is 0. The Bertz CT molecular complexity index is 1010. The molecular formula is C23H26N2O2. The minimum atomic E-state index is -0.150. The van der Waals surface area contributed by atoms with E-state index in [2.05, 4.69) is 43.1 Å². The van der Waals surface area contributed by atoms with Crippen LogP contribution in [0.1, 0.15) is 57.1 Å². The Morgan fingerprint density at radius 3 is 2.41 bits per heavy atom. The van der Waals surface area contributed by atoms with Crippen molar-refractivity contribution in [3.63, 3.8) is 0 Å². The number of benzene rings is 2. The van der Waals surface area contributed by atoms with Gasteiger partial charge in [0, 0.05) is 17.0 Å². The number of nitrogens with zero attached hydrogens (tertiary/aromatic N) is 2. The average molecular weight is 362 g/mol. The molecule has 1 heterocycles. The predicted molar refractivity (Wildman–Crippen MR) is 110 cm³/mol. The largest absolute Gasteiger partial charge is 0.497 e. The van der Waals surface area contributed by atoms with Crippen LogP contribution in [0, 0.1) is 0 Å². The van der Waals surface area contributed by atoms with Crippen LogP contribution in [-0.4, -0.2) is 16.7 Å². The Hall–Kier alpha value is -2.62. The summed E-state index contributed by atoms with van der Waals surface area (Å²) in [4.78, 5) is 17.5. The zero-order valence-corrected chi connectivity index (χ0v) is 16.2. The smallest absolute Gasteiger partial charge is 0.348 e. The number of fused-ring (bicyclic) bond motifs is 1. The molecule has 4 nitrogen and oxygen atoms in total. The van der Waals surface area contributed by atoms with Crippen LogP contribution in [0.2, 0.25) is 0 Å². The van der Waals surface area contributed by atoms with Gasteiger partial charge in [0.1, 0.15) is 5.75 Å². The van der Waals surface area contributed by atoms with Gasteiger partial charge in [-0.1, -0.05) is 51.0 Å². The fourth-order valence-electron chi connectivity index (χ4n) is 4.12. The monoisotopic (exact) mass is 362 g/mol. The van der Waals surface area contributed by atoms with Crippen molar-refractivity contribution in [2.75, 3.05) is 7.11 Å². The highest BCUT2D eigenvalue weighted by molar-refractivity contribution is 5.93. The third kappa shape index (κ3) is 3.25. The third-order valence-corrected chi connectivity index (χ3v) is 5.67. The molecule has 0 atom stereocenters. The fraction of sp³-hybridized carbons (Fsp3) is 0.391. The van der Waals surface area contributed by atoms with Crippen LogP contribution < -0.4 is 10.4 Å². The second-order valence-electron chi connectivity index (χ2n) is 7.71. The normalized spacial score (nSPS) is 15.0. The van der Waals surface area contributed by atoms with Gasteiger partial charge in [0.25, 0.3) is 0 Å². The predicted octanol–water partition coefficient (Wildman–Crippen LogP) is 5.31. The van der Waals surface area contributed by atoms with Gasteiger partial charge in [0.15, 0.2) is 0 Å². The van der Waals surface area contributed by atoms with Crippen molar-refractivity contribution >= 4 is 10.9 Å². The highest BCUT2D eigenvalue weighted by Crippen LogP contribution is 2.34. The molecule has 140 valence electrons. The molecule has 1 aliphatic rings. The summed E-state index contributed by atoms with van der Waals surface area (Å²) in [5.41, 5.74) is 3.78. The molecule has 0 radical (unpaired) electrons. The number of ether oxygens (including phenoxy) is 1. The van der Waals surface area contributed by atoms with Gasteiger partial charge < -0.3 is 4.74 Å². The van der Waals surface area contributed by atoms with Crippen LogP contribution in [0.4, 0.5) is 0 Å². The first kappa shape index (κ1) is 17.8. The van der Waals surface area contributed by atoms with E-state index in [1.165, 1.54) is 18.4 Å². The molecule has 3 aromatic rings. The lowest BCUT2D eigenvalue weighted by Gasteiger charge is -2.18. The van der Waals surface area contributed by atoms with Crippen LogP contribution in [0.25, 0.3) is 22.2 Å². The van der Waals surface area contributed by atoms with Crippen molar-refractivity contribution in [2.45, 2.75) is 51.5 Å². The lowest BCUT2D eigenvalue weighted by Crippen LogP contribution is -2.27. The van der Waals surface area contributed by atoms with Gasteiger partial charge in [0.05, 0.1) is 18.3 Å². The molecule has 1 fully saturated rings. The van der Waals surface area contributed by atoms with Crippen LogP contribution in [0.15, 0.2) is 47.3 Å². The number of aromatic nitrogens is 2. The maximum Gasteiger partial charge on any atom is 0.348 e. The Kier molecular flexibility index (Phi) is 4.73. The first-order valence-corrected chi connectivity index (χ1v) is 9.79. The highest BCUT2D eigenvalue weighted by atomic mass is 16.5. The molecule has 0 aliphatic heterocycles. The summed E-state index contributed by atoms with van der Waals surface area (Å²) in [6.07, 6.45) is 4.44. The summed E-state index contributed by atoms with van der Waals surface area (Å²) in [6.45, 7) is 4.35. The van der Waals surface area contributed by atoms with Crippen molar-refractivity contribution in [3.8, 4) is 17.0 Å². The van der Waals surface area contributed by atoms with Gasteiger partial charge in [-0.3, -0.25) is 4.57 Å². The standard InChI is InChI=1S/C23H26N2O2/c1-15(2)16-8-10-17(11-9-16)22-20-14-19(27-3)12-13-21(20)25(23(26)24-22)18-6-4-5-7-18/h8-15,18H,4-7H2,1-3H3. The van der Waals surface area contributed by atoms with E-state index in [-0.39, 0.29) is 11.7 Å². The molecule has 0 unspecified atom stereocenters.